The lowest BCUT2D eigenvalue weighted by atomic mass is 10.2. The lowest BCUT2D eigenvalue weighted by Gasteiger charge is -2.21. The molecule has 0 unspecified atom stereocenters. The van der Waals surface area contributed by atoms with Crippen molar-refractivity contribution in [3.63, 3.8) is 0 Å². The van der Waals surface area contributed by atoms with Crippen LogP contribution in [0.15, 0.2) is 16.7 Å². The number of carbonyl (C=O) groups is 2. The van der Waals surface area contributed by atoms with Crippen molar-refractivity contribution >= 4 is 12.1 Å². The Bertz CT molecular complexity index is 555. The van der Waals surface area contributed by atoms with Crippen LogP contribution in [0.3, 0.4) is 0 Å². The van der Waals surface area contributed by atoms with Crippen molar-refractivity contribution < 1.29 is 23.5 Å². The summed E-state index contributed by atoms with van der Waals surface area (Å²) >= 11 is 0. The van der Waals surface area contributed by atoms with Gasteiger partial charge in [-0.3, -0.25) is 4.90 Å². The topological polar surface area (TPSA) is 72.2 Å². The molecule has 0 aromatic carbocycles. The minimum Gasteiger partial charge on any atom is -0.467 e. The van der Waals surface area contributed by atoms with Gasteiger partial charge in [-0.1, -0.05) is 13.8 Å². The van der Waals surface area contributed by atoms with Crippen LogP contribution in [0, 0.1) is 5.92 Å². The predicted octanol–water partition coefficient (Wildman–Crippen LogP) is 2.37. The zero-order chi connectivity index (χ0) is 17.5. The molecule has 1 saturated heterocycles. The van der Waals surface area contributed by atoms with E-state index in [2.05, 4.69) is 4.90 Å². The highest BCUT2D eigenvalue weighted by Gasteiger charge is 2.23. The summed E-state index contributed by atoms with van der Waals surface area (Å²) in [5, 5.41) is 0. The number of esters is 1. The van der Waals surface area contributed by atoms with Gasteiger partial charge in [0.1, 0.15) is 11.3 Å². The van der Waals surface area contributed by atoms with E-state index in [0.717, 1.165) is 13.0 Å². The van der Waals surface area contributed by atoms with E-state index in [1.54, 1.807) is 11.0 Å². The van der Waals surface area contributed by atoms with Crippen molar-refractivity contribution in [1.29, 1.82) is 0 Å². The summed E-state index contributed by atoms with van der Waals surface area (Å²) in [6.45, 7) is 7.80. The predicted molar refractivity (Wildman–Crippen MR) is 87.7 cm³/mol. The number of ether oxygens (including phenoxy) is 2. The van der Waals surface area contributed by atoms with Gasteiger partial charge in [0.15, 0.2) is 0 Å². The maximum Gasteiger partial charge on any atom is 0.409 e. The van der Waals surface area contributed by atoms with Gasteiger partial charge in [0.05, 0.1) is 26.5 Å². The standard InChI is InChI=1S/C17H26N2O5/c1-13(2)12-24-17(21)19-7-4-6-18(8-9-19)11-15-14(5-10-23-15)16(20)22-3/h5,10,13H,4,6-9,11-12H2,1-3H3. The molecule has 1 aromatic rings. The molecule has 7 heteroatoms. The van der Waals surface area contributed by atoms with Gasteiger partial charge in [-0.05, 0) is 18.4 Å². The number of amides is 1. The van der Waals surface area contributed by atoms with E-state index in [-0.39, 0.29) is 6.09 Å². The van der Waals surface area contributed by atoms with Crippen molar-refractivity contribution in [3.05, 3.63) is 23.7 Å². The van der Waals surface area contributed by atoms with Crippen molar-refractivity contribution in [1.82, 2.24) is 9.80 Å². The van der Waals surface area contributed by atoms with Gasteiger partial charge < -0.3 is 18.8 Å². The summed E-state index contributed by atoms with van der Waals surface area (Å²) in [5.74, 6) is 0.526. The van der Waals surface area contributed by atoms with Gasteiger partial charge >= 0.3 is 12.1 Å². The minimum atomic E-state index is -0.396. The van der Waals surface area contributed by atoms with E-state index in [4.69, 9.17) is 13.9 Å². The molecule has 1 amide bonds. The third-order valence-electron chi connectivity index (χ3n) is 3.90. The second-order valence-electron chi connectivity index (χ2n) is 6.34. The number of hydrogen-bond donors (Lipinski definition) is 0. The van der Waals surface area contributed by atoms with Gasteiger partial charge in [-0.25, -0.2) is 9.59 Å². The molecule has 0 atom stereocenters. The maximum absolute atomic E-state index is 12.1. The zero-order valence-corrected chi connectivity index (χ0v) is 14.6. The molecule has 1 aromatic heterocycles. The summed E-state index contributed by atoms with van der Waals surface area (Å²) < 4.78 is 15.5. The van der Waals surface area contributed by atoms with Crippen molar-refractivity contribution in [2.24, 2.45) is 5.92 Å². The van der Waals surface area contributed by atoms with Gasteiger partial charge in [-0.15, -0.1) is 0 Å². The molecule has 0 N–H and O–H groups in total. The lowest BCUT2D eigenvalue weighted by molar-refractivity contribution is 0.0596. The summed E-state index contributed by atoms with van der Waals surface area (Å²) in [6, 6.07) is 1.62. The normalized spacial score (nSPS) is 16.1. The smallest absolute Gasteiger partial charge is 0.409 e. The molecular weight excluding hydrogens is 312 g/mol. The molecule has 7 nitrogen and oxygen atoms in total. The first-order valence-corrected chi connectivity index (χ1v) is 8.30. The molecule has 0 saturated carbocycles. The lowest BCUT2D eigenvalue weighted by Crippen LogP contribution is -2.36. The SMILES string of the molecule is COC(=O)c1ccoc1CN1CCCN(C(=O)OCC(C)C)CC1. The Morgan fingerprint density at radius 2 is 2.04 bits per heavy atom. The number of rotatable bonds is 5. The number of hydrogen-bond acceptors (Lipinski definition) is 6. The van der Waals surface area contributed by atoms with Gasteiger partial charge in [0.2, 0.25) is 0 Å². The summed E-state index contributed by atoms with van der Waals surface area (Å²) in [4.78, 5) is 27.7. The van der Waals surface area contributed by atoms with Gasteiger partial charge in [0, 0.05) is 26.2 Å². The van der Waals surface area contributed by atoms with E-state index in [9.17, 15) is 9.59 Å². The average Bonchev–Trinajstić information content (AvgIpc) is 2.89. The maximum atomic E-state index is 12.1. The van der Waals surface area contributed by atoms with Crippen molar-refractivity contribution in [2.75, 3.05) is 39.9 Å². The molecule has 134 valence electrons. The second-order valence-corrected chi connectivity index (χ2v) is 6.34. The Labute approximate surface area is 142 Å². The van der Waals surface area contributed by atoms with E-state index >= 15 is 0 Å². The molecule has 1 fully saturated rings. The van der Waals surface area contributed by atoms with Gasteiger partial charge in [0.25, 0.3) is 0 Å². The quantitative estimate of drug-likeness (QED) is 0.768. The first kappa shape index (κ1) is 18.3. The monoisotopic (exact) mass is 338 g/mol. The van der Waals surface area contributed by atoms with E-state index in [1.807, 2.05) is 13.8 Å². The van der Waals surface area contributed by atoms with E-state index in [1.165, 1.54) is 13.4 Å². The number of carbonyl (C=O) groups excluding carboxylic acids is 2. The minimum absolute atomic E-state index is 0.251. The molecule has 1 aliphatic rings. The van der Waals surface area contributed by atoms with Crippen LogP contribution >= 0.6 is 0 Å². The van der Waals surface area contributed by atoms with Crippen LogP contribution in [0.25, 0.3) is 0 Å². The largest absolute Gasteiger partial charge is 0.467 e. The van der Waals surface area contributed by atoms with Gasteiger partial charge in [-0.2, -0.15) is 0 Å². The number of nitrogens with zero attached hydrogens (tertiary/aromatic N) is 2. The fraction of sp³-hybridized carbons (Fsp3) is 0.647. The summed E-state index contributed by atoms with van der Waals surface area (Å²) in [5.41, 5.74) is 0.454. The van der Waals surface area contributed by atoms with E-state index < -0.39 is 5.97 Å². The Balaban J connectivity index is 1.88. The molecule has 0 bridgehead atoms. The third-order valence-corrected chi connectivity index (χ3v) is 3.90. The van der Waals surface area contributed by atoms with Crippen LogP contribution in [0.2, 0.25) is 0 Å². The average molecular weight is 338 g/mol. The summed E-state index contributed by atoms with van der Waals surface area (Å²) in [7, 11) is 1.35. The van der Waals surface area contributed by atoms with Crippen LogP contribution in [-0.4, -0.2) is 61.8 Å². The Kier molecular flexibility index (Phi) is 6.66. The fourth-order valence-electron chi connectivity index (χ4n) is 2.60. The van der Waals surface area contributed by atoms with Crippen LogP contribution in [-0.2, 0) is 16.0 Å². The molecule has 0 spiro atoms. The Morgan fingerprint density at radius 1 is 1.25 bits per heavy atom. The van der Waals surface area contributed by atoms with Crippen LogP contribution < -0.4 is 0 Å². The molecule has 1 aliphatic heterocycles. The molecule has 0 aliphatic carbocycles. The molecular formula is C17H26N2O5. The fourth-order valence-corrected chi connectivity index (χ4v) is 2.60. The number of methoxy groups -OCH3 is 1. The van der Waals surface area contributed by atoms with Crippen LogP contribution in [0.1, 0.15) is 36.4 Å². The molecule has 2 heterocycles. The first-order valence-electron chi connectivity index (χ1n) is 8.30. The van der Waals surface area contributed by atoms with Crippen LogP contribution in [0.4, 0.5) is 4.79 Å². The highest BCUT2D eigenvalue weighted by molar-refractivity contribution is 5.90. The Hall–Kier alpha value is -2.02. The molecule has 0 radical (unpaired) electrons. The van der Waals surface area contributed by atoms with E-state index in [0.29, 0.717) is 50.0 Å². The highest BCUT2D eigenvalue weighted by atomic mass is 16.6. The highest BCUT2D eigenvalue weighted by Crippen LogP contribution is 2.16. The molecule has 24 heavy (non-hydrogen) atoms. The third kappa shape index (κ3) is 4.99. The first-order chi connectivity index (χ1) is 11.5. The van der Waals surface area contributed by atoms with Crippen molar-refractivity contribution in [3.8, 4) is 0 Å². The molecule has 2 rings (SSSR count). The van der Waals surface area contributed by atoms with Crippen molar-refractivity contribution in [2.45, 2.75) is 26.8 Å². The second kappa shape index (κ2) is 8.73. The summed E-state index contributed by atoms with van der Waals surface area (Å²) in [6.07, 6.45) is 2.10. The number of furan rings is 1. The van der Waals surface area contributed by atoms with Crippen LogP contribution in [0.5, 0.6) is 0 Å². The Morgan fingerprint density at radius 3 is 2.75 bits per heavy atom. The zero-order valence-electron chi connectivity index (χ0n) is 14.6.